The molecule has 0 radical (unpaired) electrons. The molecule has 2 N–H and O–H groups in total. The molecule has 0 bridgehead atoms. The number of nitrogens with zero attached hydrogens (tertiary/aromatic N) is 3. The molecule has 0 aromatic carbocycles. The number of H-pyrrole nitrogens is 1. The summed E-state index contributed by atoms with van der Waals surface area (Å²) in [7, 11) is 0. The van der Waals surface area contributed by atoms with E-state index >= 15 is 0 Å². The lowest BCUT2D eigenvalue weighted by molar-refractivity contribution is -0.116. The molecule has 0 unspecified atom stereocenters. The molecular formula is C12H15N5O3S. The summed E-state index contributed by atoms with van der Waals surface area (Å²) in [6.45, 7) is 2.23. The Morgan fingerprint density at radius 1 is 1.43 bits per heavy atom. The predicted octanol–water partition coefficient (Wildman–Crippen LogP) is 0.369. The zero-order valence-corrected chi connectivity index (χ0v) is 12.3. The maximum Gasteiger partial charge on any atom is 0.328 e. The summed E-state index contributed by atoms with van der Waals surface area (Å²) in [5, 5.41) is 11.8. The summed E-state index contributed by atoms with van der Waals surface area (Å²) in [5.41, 5.74) is -0.991. The standard InChI is InChI=1S/C12H15N5O3S/c1-2-3-10-15-16-11(21-10)13-8(18)4-6-17-7-5-9(19)14-12(17)20/h5,7H,2-4,6H2,1H3,(H,13,16,18)(H,14,19,20). The monoisotopic (exact) mass is 309 g/mol. The van der Waals surface area contributed by atoms with Gasteiger partial charge in [-0.2, -0.15) is 0 Å². The fourth-order valence-corrected chi connectivity index (χ4v) is 2.50. The number of hydrogen-bond donors (Lipinski definition) is 2. The van der Waals surface area contributed by atoms with E-state index in [1.165, 1.54) is 28.2 Å². The molecule has 0 aliphatic heterocycles. The Morgan fingerprint density at radius 3 is 2.95 bits per heavy atom. The van der Waals surface area contributed by atoms with Gasteiger partial charge in [0.2, 0.25) is 11.0 Å². The van der Waals surface area contributed by atoms with E-state index in [1.54, 1.807) is 0 Å². The molecule has 2 rings (SSSR count). The number of aromatic amines is 1. The predicted molar refractivity (Wildman–Crippen MR) is 78.5 cm³/mol. The molecule has 1 amide bonds. The number of amides is 1. The van der Waals surface area contributed by atoms with Gasteiger partial charge < -0.3 is 9.88 Å². The van der Waals surface area contributed by atoms with E-state index in [4.69, 9.17) is 0 Å². The van der Waals surface area contributed by atoms with Crippen LogP contribution in [0.15, 0.2) is 21.9 Å². The fourth-order valence-electron chi connectivity index (χ4n) is 1.64. The second-order valence-electron chi connectivity index (χ2n) is 4.35. The van der Waals surface area contributed by atoms with Crippen LogP contribution in [-0.2, 0) is 17.8 Å². The smallest absolute Gasteiger partial charge is 0.300 e. The van der Waals surface area contributed by atoms with E-state index in [0.29, 0.717) is 5.13 Å². The van der Waals surface area contributed by atoms with E-state index in [9.17, 15) is 14.4 Å². The first-order valence-corrected chi connectivity index (χ1v) is 7.32. The first-order valence-electron chi connectivity index (χ1n) is 6.50. The summed E-state index contributed by atoms with van der Waals surface area (Å²) >= 11 is 1.34. The number of hydrogen-bond acceptors (Lipinski definition) is 6. The Bertz CT molecular complexity index is 733. The molecule has 0 saturated carbocycles. The maximum absolute atomic E-state index is 11.8. The summed E-state index contributed by atoms with van der Waals surface area (Å²) in [6, 6.07) is 1.24. The number of nitrogens with one attached hydrogen (secondary N) is 2. The van der Waals surface area contributed by atoms with Crippen LogP contribution in [0.25, 0.3) is 0 Å². The minimum atomic E-state index is -0.531. The summed E-state index contributed by atoms with van der Waals surface area (Å²) < 4.78 is 1.27. The molecule has 9 heteroatoms. The average Bonchev–Trinajstić information content (AvgIpc) is 2.85. The molecule has 0 saturated heterocycles. The lowest BCUT2D eigenvalue weighted by atomic mass is 10.4. The molecule has 8 nitrogen and oxygen atoms in total. The Hall–Kier alpha value is -2.29. The highest BCUT2D eigenvalue weighted by atomic mass is 32.1. The number of carbonyl (C=O) groups excluding carboxylic acids is 1. The minimum Gasteiger partial charge on any atom is -0.300 e. The van der Waals surface area contributed by atoms with Crippen molar-refractivity contribution in [1.29, 1.82) is 0 Å². The number of aromatic nitrogens is 4. The molecule has 21 heavy (non-hydrogen) atoms. The van der Waals surface area contributed by atoms with Crippen LogP contribution in [0, 0.1) is 0 Å². The van der Waals surface area contributed by atoms with Gasteiger partial charge in [0.1, 0.15) is 5.01 Å². The lowest BCUT2D eigenvalue weighted by Crippen LogP contribution is -2.29. The van der Waals surface area contributed by atoms with Crippen molar-refractivity contribution in [3.8, 4) is 0 Å². The van der Waals surface area contributed by atoms with Crippen molar-refractivity contribution in [2.75, 3.05) is 5.32 Å². The van der Waals surface area contributed by atoms with Crippen LogP contribution < -0.4 is 16.6 Å². The van der Waals surface area contributed by atoms with Gasteiger partial charge in [-0.3, -0.25) is 14.6 Å². The zero-order valence-electron chi connectivity index (χ0n) is 11.5. The molecular weight excluding hydrogens is 294 g/mol. The number of anilines is 1. The van der Waals surface area contributed by atoms with Gasteiger partial charge in [0, 0.05) is 31.6 Å². The van der Waals surface area contributed by atoms with Crippen molar-refractivity contribution >= 4 is 22.4 Å². The van der Waals surface area contributed by atoms with Crippen molar-refractivity contribution in [3.05, 3.63) is 38.1 Å². The first kappa shape index (κ1) is 15.1. The van der Waals surface area contributed by atoms with Crippen LogP contribution in [0.1, 0.15) is 24.8 Å². The van der Waals surface area contributed by atoms with Crippen LogP contribution in [0.2, 0.25) is 0 Å². The molecule has 0 atom stereocenters. The van der Waals surface area contributed by atoms with Crippen LogP contribution in [-0.4, -0.2) is 25.7 Å². The molecule has 2 aromatic rings. The van der Waals surface area contributed by atoms with Gasteiger partial charge in [-0.05, 0) is 6.42 Å². The van der Waals surface area contributed by atoms with E-state index in [1.807, 2.05) is 6.92 Å². The van der Waals surface area contributed by atoms with Gasteiger partial charge in [-0.15, -0.1) is 10.2 Å². The molecule has 0 fully saturated rings. The van der Waals surface area contributed by atoms with Crippen LogP contribution in [0.3, 0.4) is 0 Å². The topological polar surface area (TPSA) is 110 Å². The summed E-state index contributed by atoms with van der Waals surface area (Å²) in [6.07, 6.45) is 3.27. The van der Waals surface area contributed by atoms with Crippen molar-refractivity contribution in [2.45, 2.75) is 32.7 Å². The average molecular weight is 309 g/mol. The highest BCUT2D eigenvalue weighted by molar-refractivity contribution is 7.15. The number of rotatable bonds is 6. The second kappa shape index (κ2) is 6.93. The SMILES string of the molecule is CCCc1nnc(NC(=O)CCn2ccc(=O)[nH]c2=O)s1. The third kappa shape index (κ3) is 4.35. The van der Waals surface area contributed by atoms with E-state index in [-0.39, 0.29) is 18.9 Å². The third-order valence-corrected chi connectivity index (χ3v) is 3.55. The van der Waals surface area contributed by atoms with Gasteiger partial charge >= 0.3 is 5.69 Å². The van der Waals surface area contributed by atoms with Crippen molar-refractivity contribution in [1.82, 2.24) is 19.7 Å². The van der Waals surface area contributed by atoms with Crippen molar-refractivity contribution < 1.29 is 4.79 Å². The van der Waals surface area contributed by atoms with Crippen LogP contribution in [0.5, 0.6) is 0 Å². The maximum atomic E-state index is 11.8. The second-order valence-corrected chi connectivity index (χ2v) is 5.41. The largest absolute Gasteiger partial charge is 0.328 e. The zero-order chi connectivity index (χ0) is 15.2. The highest BCUT2D eigenvalue weighted by Crippen LogP contribution is 2.16. The van der Waals surface area contributed by atoms with Crippen LogP contribution >= 0.6 is 11.3 Å². The fraction of sp³-hybridized carbons (Fsp3) is 0.417. The third-order valence-electron chi connectivity index (χ3n) is 2.65. The van der Waals surface area contributed by atoms with Crippen molar-refractivity contribution in [2.24, 2.45) is 0 Å². The Kier molecular flexibility index (Phi) is 4.99. The van der Waals surface area contributed by atoms with E-state index < -0.39 is 11.2 Å². The Labute approximate surface area is 123 Å². The van der Waals surface area contributed by atoms with Gasteiger partial charge in [-0.25, -0.2) is 4.79 Å². The van der Waals surface area contributed by atoms with Crippen LogP contribution in [0.4, 0.5) is 5.13 Å². The highest BCUT2D eigenvalue weighted by Gasteiger charge is 2.08. The van der Waals surface area contributed by atoms with Crippen molar-refractivity contribution in [3.63, 3.8) is 0 Å². The summed E-state index contributed by atoms with van der Waals surface area (Å²) in [5.74, 6) is -0.257. The Morgan fingerprint density at radius 2 is 2.24 bits per heavy atom. The van der Waals surface area contributed by atoms with E-state index in [0.717, 1.165) is 17.8 Å². The molecule has 0 aliphatic carbocycles. The Balaban J connectivity index is 1.89. The van der Waals surface area contributed by atoms with Gasteiger partial charge in [-0.1, -0.05) is 18.3 Å². The summed E-state index contributed by atoms with van der Waals surface area (Å²) in [4.78, 5) is 36.3. The molecule has 2 heterocycles. The molecule has 0 spiro atoms. The van der Waals surface area contributed by atoms with Gasteiger partial charge in [0.15, 0.2) is 0 Å². The lowest BCUT2D eigenvalue weighted by Gasteiger charge is -2.03. The van der Waals surface area contributed by atoms with Gasteiger partial charge in [0.05, 0.1) is 0 Å². The van der Waals surface area contributed by atoms with E-state index in [2.05, 4.69) is 20.5 Å². The number of carbonyl (C=O) groups is 1. The first-order chi connectivity index (χ1) is 10.1. The minimum absolute atomic E-state index is 0.106. The molecule has 112 valence electrons. The number of aryl methyl sites for hydroxylation is 2. The van der Waals surface area contributed by atoms with Gasteiger partial charge in [0.25, 0.3) is 5.56 Å². The molecule has 0 aliphatic rings. The molecule has 2 aromatic heterocycles. The quantitative estimate of drug-likeness (QED) is 0.801. The normalized spacial score (nSPS) is 10.5.